The molecule has 18 heavy (non-hydrogen) atoms. The van der Waals surface area contributed by atoms with E-state index in [2.05, 4.69) is 10.0 Å². The van der Waals surface area contributed by atoms with Crippen LogP contribution in [0.25, 0.3) is 10.4 Å². The predicted molar refractivity (Wildman–Crippen MR) is 61.9 cm³/mol. The van der Waals surface area contributed by atoms with Crippen LogP contribution in [0.3, 0.4) is 0 Å². The van der Waals surface area contributed by atoms with E-state index in [1.807, 2.05) is 0 Å². The quantitative estimate of drug-likeness (QED) is 0.406. The first-order valence-electron chi connectivity index (χ1n) is 5.37. The Hall–Kier alpha value is -1.66. The van der Waals surface area contributed by atoms with Gasteiger partial charge in [0.15, 0.2) is 0 Å². The van der Waals surface area contributed by atoms with E-state index < -0.39 is 24.6 Å². The number of aliphatic hydroxyl groups is 3. The maximum absolute atomic E-state index is 13.8. The molecule has 98 valence electrons. The summed E-state index contributed by atoms with van der Waals surface area (Å²) in [5.74, 6) is -0.740. The molecule has 0 saturated carbocycles. The Morgan fingerprint density at radius 1 is 1.39 bits per heavy atom. The van der Waals surface area contributed by atoms with E-state index in [0.717, 1.165) is 0 Å². The second-order valence-corrected chi connectivity index (χ2v) is 3.73. The van der Waals surface area contributed by atoms with Crippen molar-refractivity contribution in [2.45, 2.75) is 25.2 Å². The second-order valence-electron chi connectivity index (χ2n) is 3.73. The highest BCUT2D eigenvalue weighted by Gasteiger charge is 2.22. The minimum Gasteiger partial charge on any atom is -0.392 e. The zero-order valence-corrected chi connectivity index (χ0v) is 9.57. The number of halogens is 1. The summed E-state index contributed by atoms with van der Waals surface area (Å²) >= 11 is 0. The first-order chi connectivity index (χ1) is 8.61. The fourth-order valence-electron chi connectivity index (χ4n) is 1.55. The number of aliphatic hydroxyl groups excluding tert-OH is 3. The van der Waals surface area contributed by atoms with E-state index >= 15 is 0 Å². The minimum absolute atomic E-state index is 0.00996. The molecule has 7 heteroatoms. The SMILES string of the molecule is [N-]=[N+]=NCCC(O)C(O)c1cccc(CO)c1F. The molecule has 0 bridgehead atoms. The molecule has 0 amide bonds. The smallest absolute Gasteiger partial charge is 0.134 e. The van der Waals surface area contributed by atoms with Gasteiger partial charge in [0.2, 0.25) is 0 Å². The highest BCUT2D eigenvalue weighted by molar-refractivity contribution is 5.27. The standard InChI is InChI=1S/C11H14FN3O3/c12-10-7(6-16)2-1-3-8(10)11(18)9(17)4-5-14-15-13/h1-3,9,11,16-18H,4-6H2. The molecular weight excluding hydrogens is 241 g/mol. The molecule has 0 heterocycles. The van der Waals surface area contributed by atoms with Crippen molar-refractivity contribution in [1.82, 2.24) is 0 Å². The van der Waals surface area contributed by atoms with Crippen LogP contribution in [0.1, 0.15) is 23.7 Å². The number of hydrogen-bond acceptors (Lipinski definition) is 4. The maximum Gasteiger partial charge on any atom is 0.134 e. The molecule has 2 atom stereocenters. The molecule has 0 saturated heterocycles. The topological polar surface area (TPSA) is 109 Å². The van der Waals surface area contributed by atoms with Crippen molar-refractivity contribution in [2.24, 2.45) is 5.11 Å². The van der Waals surface area contributed by atoms with Gasteiger partial charge < -0.3 is 15.3 Å². The van der Waals surface area contributed by atoms with Crippen LogP contribution in [0.5, 0.6) is 0 Å². The fraction of sp³-hybridized carbons (Fsp3) is 0.455. The third kappa shape index (κ3) is 3.41. The first-order valence-corrected chi connectivity index (χ1v) is 5.37. The van der Waals surface area contributed by atoms with Crippen LogP contribution >= 0.6 is 0 Å². The van der Waals surface area contributed by atoms with E-state index in [0.29, 0.717) is 0 Å². The summed E-state index contributed by atoms with van der Waals surface area (Å²) in [6.07, 6.45) is -2.64. The van der Waals surface area contributed by atoms with E-state index in [4.69, 9.17) is 10.6 Å². The van der Waals surface area contributed by atoms with Crippen LogP contribution in [-0.4, -0.2) is 28.0 Å². The van der Waals surface area contributed by atoms with Gasteiger partial charge in [0.25, 0.3) is 0 Å². The molecule has 0 radical (unpaired) electrons. The number of nitrogens with zero attached hydrogens (tertiary/aromatic N) is 3. The van der Waals surface area contributed by atoms with Crippen LogP contribution in [0, 0.1) is 5.82 Å². The normalized spacial score (nSPS) is 13.8. The van der Waals surface area contributed by atoms with Crippen LogP contribution in [0.15, 0.2) is 23.3 Å². The highest BCUT2D eigenvalue weighted by atomic mass is 19.1. The van der Waals surface area contributed by atoms with Gasteiger partial charge in [-0.25, -0.2) is 4.39 Å². The predicted octanol–water partition coefficient (Wildman–Crippen LogP) is 1.41. The Kier molecular flexibility index (Phi) is 5.54. The van der Waals surface area contributed by atoms with Crippen molar-refractivity contribution >= 4 is 0 Å². The van der Waals surface area contributed by atoms with Crippen molar-refractivity contribution in [3.63, 3.8) is 0 Å². The number of hydrogen-bond donors (Lipinski definition) is 3. The average molecular weight is 255 g/mol. The molecule has 0 spiro atoms. The summed E-state index contributed by atoms with van der Waals surface area (Å²) in [5.41, 5.74) is 8.04. The lowest BCUT2D eigenvalue weighted by molar-refractivity contribution is 0.0128. The van der Waals surface area contributed by atoms with Crippen molar-refractivity contribution < 1.29 is 19.7 Å². The molecule has 0 fully saturated rings. The van der Waals surface area contributed by atoms with Gasteiger partial charge in [0.1, 0.15) is 11.9 Å². The van der Waals surface area contributed by atoms with Crippen LogP contribution < -0.4 is 0 Å². The molecule has 3 N–H and O–H groups in total. The Morgan fingerprint density at radius 2 is 2.11 bits per heavy atom. The summed E-state index contributed by atoms with van der Waals surface area (Å²) in [4.78, 5) is 2.51. The van der Waals surface area contributed by atoms with Crippen molar-refractivity contribution in [3.8, 4) is 0 Å². The molecule has 0 aromatic heterocycles. The summed E-state index contributed by atoms with van der Waals surface area (Å²) in [6, 6.07) is 4.20. The van der Waals surface area contributed by atoms with Crippen molar-refractivity contribution in [1.29, 1.82) is 0 Å². The molecule has 6 nitrogen and oxygen atoms in total. The zero-order chi connectivity index (χ0) is 13.5. The van der Waals surface area contributed by atoms with Gasteiger partial charge in [-0.2, -0.15) is 0 Å². The van der Waals surface area contributed by atoms with Gasteiger partial charge in [0, 0.05) is 22.6 Å². The van der Waals surface area contributed by atoms with Crippen molar-refractivity contribution in [3.05, 3.63) is 45.6 Å². The lowest BCUT2D eigenvalue weighted by Gasteiger charge is -2.18. The summed E-state index contributed by atoms with van der Waals surface area (Å²) in [6.45, 7) is -0.475. The number of rotatable bonds is 6. The molecular formula is C11H14FN3O3. The van der Waals surface area contributed by atoms with E-state index in [-0.39, 0.29) is 24.1 Å². The number of benzene rings is 1. The summed E-state index contributed by atoms with van der Waals surface area (Å²) in [5, 5.41) is 31.5. The lowest BCUT2D eigenvalue weighted by atomic mass is 9.99. The fourth-order valence-corrected chi connectivity index (χ4v) is 1.55. The van der Waals surface area contributed by atoms with Gasteiger partial charge in [-0.15, -0.1) is 0 Å². The summed E-state index contributed by atoms with van der Waals surface area (Å²) in [7, 11) is 0. The largest absolute Gasteiger partial charge is 0.392 e. The van der Waals surface area contributed by atoms with Crippen LogP contribution in [0.4, 0.5) is 4.39 Å². The number of azide groups is 1. The Bertz CT molecular complexity index is 449. The van der Waals surface area contributed by atoms with Crippen LogP contribution in [-0.2, 0) is 6.61 Å². The lowest BCUT2D eigenvalue weighted by Crippen LogP contribution is -2.20. The first kappa shape index (κ1) is 14.4. The Labute approximate surface area is 103 Å². The molecule has 1 aromatic carbocycles. The zero-order valence-electron chi connectivity index (χ0n) is 9.57. The van der Waals surface area contributed by atoms with Gasteiger partial charge >= 0.3 is 0 Å². The van der Waals surface area contributed by atoms with Gasteiger partial charge in [-0.3, -0.25) is 0 Å². The van der Waals surface area contributed by atoms with Crippen LogP contribution in [0.2, 0.25) is 0 Å². The average Bonchev–Trinajstić information content (AvgIpc) is 2.38. The molecule has 0 aliphatic heterocycles. The molecule has 1 rings (SSSR count). The highest BCUT2D eigenvalue weighted by Crippen LogP contribution is 2.24. The van der Waals surface area contributed by atoms with E-state index in [1.165, 1.54) is 18.2 Å². The Morgan fingerprint density at radius 3 is 2.72 bits per heavy atom. The van der Waals surface area contributed by atoms with E-state index in [9.17, 15) is 14.6 Å². The van der Waals surface area contributed by atoms with Crippen molar-refractivity contribution in [2.75, 3.05) is 6.54 Å². The molecule has 0 aliphatic rings. The van der Waals surface area contributed by atoms with Gasteiger partial charge in [0.05, 0.1) is 12.7 Å². The molecule has 2 unspecified atom stereocenters. The van der Waals surface area contributed by atoms with Gasteiger partial charge in [-0.05, 0) is 12.0 Å². The Balaban J connectivity index is 2.82. The van der Waals surface area contributed by atoms with E-state index in [1.54, 1.807) is 0 Å². The third-order valence-electron chi connectivity index (χ3n) is 2.55. The van der Waals surface area contributed by atoms with Gasteiger partial charge in [-0.1, -0.05) is 23.3 Å². The minimum atomic E-state index is -1.43. The molecule has 0 aliphatic carbocycles. The second kappa shape index (κ2) is 6.93. The monoisotopic (exact) mass is 255 g/mol. The maximum atomic E-state index is 13.8. The third-order valence-corrected chi connectivity index (χ3v) is 2.55. The molecule has 1 aromatic rings. The summed E-state index contributed by atoms with van der Waals surface area (Å²) < 4.78 is 13.8.